The molecule has 2 aromatic heterocycles. The molecule has 19 heavy (non-hydrogen) atoms. The van der Waals surface area contributed by atoms with E-state index in [1.807, 2.05) is 30.8 Å². The molecule has 5 heteroatoms. The average molecular weight is 292 g/mol. The molecule has 3 nitrogen and oxygen atoms in total. The molecule has 0 N–H and O–H groups in total. The minimum atomic E-state index is -0.111. The Hall–Kier alpha value is -1.39. The first-order chi connectivity index (χ1) is 9.16. The second-order valence-corrected chi connectivity index (χ2v) is 6.21. The molecule has 0 aliphatic rings. The predicted molar refractivity (Wildman–Crippen MR) is 80.0 cm³/mol. The number of halogens is 1. The van der Waals surface area contributed by atoms with Gasteiger partial charge in [-0.2, -0.15) is 0 Å². The van der Waals surface area contributed by atoms with E-state index < -0.39 is 0 Å². The first kappa shape index (κ1) is 12.6. The van der Waals surface area contributed by atoms with Gasteiger partial charge in [0.05, 0.1) is 28.5 Å². The average Bonchev–Trinajstić information content (AvgIpc) is 2.98. The Bertz CT molecular complexity index is 701. The van der Waals surface area contributed by atoms with Crippen LogP contribution in [0, 0.1) is 6.92 Å². The van der Waals surface area contributed by atoms with Crippen LogP contribution < -0.4 is 0 Å². The lowest BCUT2D eigenvalue weighted by molar-refractivity contribution is 0.748. The van der Waals surface area contributed by atoms with Gasteiger partial charge in [0.25, 0.3) is 0 Å². The van der Waals surface area contributed by atoms with Crippen LogP contribution in [0.3, 0.4) is 0 Å². The Morgan fingerprint density at radius 2 is 2.26 bits per heavy atom. The van der Waals surface area contributed by atoms with Gasteiger partial charge in [-0.1, -0.05) is 12.1 Å². The van der Waals surface area contributed by atoms with E-state index in [1.165, 1.54) is 16.0 Å². The Balaban J connectivity index is 2.21. The van der Waals surface area contributed by atoms with Crippen LogP contribution in [-0.4, -0.2) is 14.5 Å². The first-order valence-corrected chi connectivity index (χ1v) is 7.45. The smallest absolute Gasteiger partial charge is 0.128 e. The maximum Gasteiger partial charge on any atom is 0.128 e. The number of aryl methyl sites for hydroxylation is 1. The third-order valence-corrected chi connectivity index (χ3v) is 4.11. The summed E-state index contributed by atoms with van der Waals surface area (Å²) in [6.45, 7) is 4.84. The van der Waals surface area contributed by atoms with E-state index in [-0.39, 0.29) is 5.38 Å². The molecule has 1 aromatic carbocycles. The summed E-state index contributed by atoms with van der Waals surface area (Å²) in [5.74, 6) is 0.916. The van der Waals surface area contributed by atoms with Gasteiger partial charge in [-0.3, -0.25) is 4.98 Å². The Morgan fingerprint density at radius 1 is 1.42 bits per heavy atom. The van der Waals surface area contributed by atoms with E-state index in [1.54, 1.807) is 11.3 Å². The quantitative estimate of drug-likeness (QED) is 0.679. The molecular formula is C14H14ClN3S. The highest BCUT2D eigenvalue weighted by Gasteiger charge is 2.16. The SMILES string of the molecule is Cc1cccc2nc(C(C)Cl)n(Cc3cncs3)c12. The summed E-state index contributed by atoms with van der Waals surface area (Å²) >= 11 is 7.93. The summed E-state index contributed by atoms with van der Waals surface area (Å²) in [4.78, 5) is 10.0. The molecule has 0 aliphatic heterocycles. The fourth-order valence-corrected chi connectivity index (χ4v) is 3.07. The van der Waals surface area contributed by atoms with E-state index in [0.29, 0.717) is 0 Å². The fourth-order valence-electron chi connectivity index (χ4n) is 2.32. The number of imidazole rings is 1. The van der Waals surface area contributed by atoms with Crippen LogP contribution in [0.15, 0.2) is 29.9 Å². The lowest BCUT2D eigenvalue weighted by atomic mass is 10.2. The van der Waals surface area contributed by atoms with Crippen LogP contribution in [0.25, 0.3) is 11.0 Å². The van der Waals surface area contributed by atoms with Crippen molar-refractivity contribution in [3.05, 3.63) is 46.2 Å². The van der Waals surface area contributed by atoms with Crippen molar-refractivity contribution < 1.29 is 0 Å². The number of fused-ring (bicyclic) bond motifs is 1. The van der Waals surface area contributed by atoms with Crippen molar-refractivity contribution in [3.8, 4) is 0 Å². The molecule has 0 amide bonds. The maximum absolute atomic E-state index is 6.28. The summed E-state index contributed by atoms with van der Waals surface area (Å²) in [5.41, 5.74) is 5.24. The maximum atomic E-state index is 6.28. The summed E-state index contributed by atoms with van der Waals surface area (Å²) in [6.07, 6.45) is 1.90. The van der Waals surface area contributed by atoms with Crippen molar-refractivity contribution >= 4 is 34.0 Å². The largest absolute Gasteiger partial charge is 0.321 e. The monoisotopic (exact) mass is 291 g/mol. The molecule has 3 rings (SSSR count). The van der Waals surface area contributed by atoms with Crippen LogP contribution in [0.5, 0.6) is 0 Å². The number of hydrogen-bond acceptors (Lipinski definition) is 3. The summed E-state index contributed by atoms with van der Waals surface area (Å²) in [7, 11) is 0. The van der Waals surface area contributed by atoms with E-state index in [0.717, 1.165) is 17.9 Å². The lowest BCUT2D eigenvalue weighted by Crippen LogP contribution is -2.05. The highest BCUT2D eigenvalue weighted by atomic mass is 35.5. The molecule has 98 valence electrons. The number of para-hydroxylation sites is 1. The van der Waals surface area contributed by atoms with Crippen LogP contribution in [-0.2, 0) is 6.54 Å². The number of alkyl halides is 1. The molecule has 0 aliphatic carbocycles. The van der Waals surface area contributed by atoms with Gasteiger partial charge < -0.3 is 4.57 Å². The second kappa shape index (κ2) is 4.94. The second-order valence-electron chi connectivity index (χ2n) is 4.58. The van der Waals surface area contributed by atoms with Gasteiger partial charge in [-0.25, -0.2) is 4.98 Å². The normalized spacial score (nSPS) is 13.0. The number of nitrogens with zero attached hydrogens (tertiary/aromatic N) is 3. The zero-order chi connectivity index (χ0) is 13.4. The van der Waals surface area contributed by atoms with E-state index in [2.05, 4.69) is 27.5 Å². The van der Waals surface area contributed by atoms with Gasteiger partial charge in [0.2, 0.25) is 0 Å². The molecule has 1 unspecified atom stereocenters. The number of rotatable bonds is 3. The molecule has 0 spiro atoms. The van der Waals surface area contributed by atoms with Gasteiger partial charge in [0, 0.05) is 11.1 Å². The van der Waals surface area contributed by atoms with Crippen LogP contribution in [0.2, 0.25) is 0 Å². The molecule has 3 aromatic rings. The van der Waals surface area contributed by atoms with Crippen molar-refractivity contribution in [2.75, 3.05) is 0 Å². The minimum absolute atomic E-state index is 0.111. The van der Waals surface area contributed by atoms with Crippen molar-refractivity contribution in [1.29, 1.82) is 0 Å². The van der Waals surface area contributed by atoms with Crippen molar-refractivity contribution in [3.63, 3.8) is 0 Å². The standard InChI is InChI=1S/C14H14ClN3S/c1-9-4-3-5-12-13(9)18(14(17-12)10(2)15)7-11-6-16-8-19-11/h3-6,8,10H,7H2,1-2H3. The number of hydrogen-bond donors (Lipinski definition) is 0. The van der Waals surface area contributed by atoms with Gasteiger partial charge in [-0.05, 0) is 25.5 Å². The number of benzene rings is 1. The highest BCUT2D eigenvalue weighted by Crippen LogP contribution is 2.27. The Morgan fingerprint density at radius 3 is 2.95 bits per heavy atom. The zero-order valence-corrected chi connectivity index (χ0v) is 12.4. The van der Waals surface area contributed by atoms with Gasteiger partial charge >= 0.3 is 0 Å². The summed E-state index contributed by atoms with van der Waals surface area (Å²) in [6, 6.07) is 6.18. The minimum Gasteiger partial charge on any atom is -0.321 e. The van der Waals surface area contributed by atoms with Crippen LogP contribution in [0.1, 0.15) is 28.6 Å². The predicted octanol–water partition coefficient (Wildman–Crippen LogP) is 4.15. The molecule has 0 saturated carbocycles. The van der Waals surface area contributed by atoms with E-state index >= 15 is 0 Å². The van der Waals surface area contributed by atoms with Gasteiger partial charge in [0.15, 0.2) is 0 Å². The van der Waals surface area contributed by atoms with E-state index in [4.69, 9.17) is 11.6 Å². The first-order valence-electron chi connectivity index (χ1n) is 6.14. The summed E-state index contributed by atoms with van der Waals surface area (Å²) in [5, 5.41) is -0.111. The molecule has 0 saturated heterocycles. The fraction of sp³-hybridized carbons (Fsp3) is 0.286. The lowest BCUT2D eigenvalue weighted by Gasteiger charge is -2.10. The Kier molecular flexibility index (Phi) is 3.29. The molecule has 0 bridgehead atoms. The third-order valence-electron chi connectivity index (χ3n) is 3.15. The molecule has 0 fully saturated rings. The number of thiazole rings is 1. The van der Waals surface area contributed by atoms with Gasteiger partial charge in [0.1, 0.15) is 5.82 Å². The van der Waals surface area contributed by atoms with Crippen molar-refractivity contribution in [2.45, 2.75) is 25.8 Å². The Labute approximate surface area is 120 Å². The van der Waals surface area contributed by atoms with Crippen LogP contribution >= 0.6 is 22.9 Å². The highest BCUT2D eigenvalue weighted by molar-refractivity contribution is 7.09. The topological polar surface area (TPSA) is 30.7 Å². The third kappa shape index (κ3) is 2.26. The van der Waals surface area contributed by atoms with Crippen molar-refractivity contribution in [1.82, 2.24) is 14.5 Å². The zero-order valence-electron chi connectivity index (χ0n) is 10.8. The van der Waals surface area contributed by atoms with Crippen LogP contribution in [0.4, 0.5) is 0 Å². The summed E-state index contributed by atoms with van der Waals surface area (Å²) < 4.78 is 2.20. The van der Waals surface area contributed by atoms with Crippen molar-refractivity contribution in [2.24, 2.45) is 0 Å². The van der Waals surface area contributed by atoms with E-state index in [9.17, 15) is 0 Å². The number of aromatic nitrogens is 3. The molecule has 2 heterocycles. The molecule has 1 atom stereocenters. The van der Waals surface area contributed by atoms with Gasteiger partial charge in [-0.15, -0.1) is 22.9 Å². The molecular weight excluding hydrogens is 278 g/mol. The molecule has 0 radical (unpaired) electrons.